The highest BCUT2D eigenvalue weighted by atomic mass is 32.1. The Balaban J connectivity index is 1.19. The van der Waals surface area contributed by atoms with Crippen molar-refractivity contribution in [2.75, 3.05) is 4.90 Å². The summed E-state index contributed by atoms with van der Waals surface area (Å²) in [6.45, 7) is 0. The normalized spacial score (nSPS) is 11.5. The maximum Gasteiger partial charge on any atom is 0.0640 e. The zero-order chi connectivity index (χ0) is 37.7. The minimum atomic E-state index is 1.13. The lowest BCUT2D eigenvalue weighted by atomic mass is 9.94. The van der Waals surface area contributed by atoms with E-state index in [4.69, 9.17) is 0 Å². The van der Waals surface area contributed by atoms with Gasteiger partial charge in [-0.1, -0.05) is 170 Å². The van der Waals surface area contributed by atoms with Crippen molar-refractivity contribution in [1.29, 1.82) is 0 Å². The summed E-state index contributed by atoms with van der Waals surface area (Å²) in [5.74, 6) is 0. The number of thiophene rings is 1. The van der Waals surface area contributed by atoms with Crippen molar-refractivity contribution in [2.45, 2.75) is 0 Å². The van der Waals surface area contributed by atoms with Gasteiger partial charge < -0.3 is 9.47 Å². The van der Waals surface area contributed by atoms with Crippen molar-refractivity contribution >= 4 is 70.4 Å². The molecular weight excluding hydrogens is 709 g/mol. The van der Waals surface area contributed by atoms with Crippen molar-refractivity contribution in [2.24, 2.45) is 0 Å². The predicted molar refractivity (Wildman–Crippen MR) is 245 cm³/mol. The Labute approximate surface area is 335 Å². The number of benzene rings is 9. The lowest BCUT2D eigenvalue weighted by molar-refractivity contribution is 1.18. The van der Waals surface area contributed by atoms with E-state index in [1.165, 1.54) is 75.5 Å². The van der Waals surface area contributed by atoms with Gasteiger partial charge in [0.15, 0.2) is 0 Å². The molecule has 57 heavy (non-hydrogen) atoms. The molecule has 0 bridgehead atoms. The number of rotatable bonds is 7. The van der Waals surface area contributed by atoms with Crippen LogP contribution in [0.3, 0.4) is 0 Å². The van der Waals surface area contributed by atoms with E-state index >= 15 is 0 Å². The Kier molecular flexibility index (Phi) is 8.04. The Hall–Kier alpha value is -7.20. The zero-order valence-electron chi connectivity index (χ0n) is 31.1. The molecule has 268 valence electrons. The van der Waals surface area contributed by atoms with Crippen LogP contribution in [0, 0.1) is 0 Å². The molecule has 0 spiro atoms. The summed E-state index contributed by atoms with van der Waals surface area (Å²) in [6, 6.07) is 79.3. The van der Waals surface area contributed by atoms with Gasteiger partial charge in [0, 0.05) is 37.5 Å². The molecule has 11 rings (SSSR count). The zero-order valence-corrected chi connectivity index (χ0v) is 31.9. The van der Waals surface area contributed by atoms with Crippen molar-refractivity contribution < 1.29 is 0 Å². The maximum atomic E-state index is 2.52. The number of anilines is 3. The van der Waals surface area contributed by atoms with Crippen LogP contribution in [0.25, 0.3) is 81.0 Å². The van der Waals surface area contributed by atoms with Crippen LogP contribution >= 0.6 is 11.3 Å². The Morgan fingerprint density at radius 2 is 0.877 bits per heavy atom. The molecule has 0 N–H and O–H groups in total. The Morgan fingerprint density at radius 1 is 0.351 bits per heavy atom. The first-order valence-corrected chi connectivity index (χ1v) is 20.3. The van der Waals surface area contributed by atoms with Crippen LogP contribution in [0.1, 0.15) is 0 Å². The summed E-state index contributed by atoms with van der Waals surface area (Å²) in [6.07, 6.45) is 0. The molecular formula is C54H36N2S. The number of hydrogen-bond donors (Lipinski definition) is 0. The molecule has 2 nitrogen and oxygen atoms in total. The molecule has 0 unspecified atom stereocenters. The van der Waals surface area contributed by atoms with Crippen LogP contribution in [0.2, 0.25) is 0 Å². The van der Waals surface area contributed by atoms with Gasteiger partial charge in [-0.3, -0.25) is 0 Å². The van der Waals surface area contributed by atoms with Gasteiger partial charge in [0.2, 0.25) is 0 Å². The minimum Gasteiger partial charge on any atom is -0.309 e. The van der Waals surface area contributed by atoms with E-state index in [1.807, 2.05) is 11.3 Å². The van der Waals surface area contributed by atoms with Crippen molar-refractivity contribution in [3.63, 3.8) is 0 Å². The first-order valence-electron chi connectivity index (χ1n) is 19.4. The fraction of sp³-hybridized carbons (Fsp3) is 0. The monoisotopic (exact) mass is 744 g/mol. The van der Waals surface area contributed by atoms with Crippen molar-refractivity contribution in [3.8, 4) is 39.1 Å². The molecule has 9 aromatic carbocycles. The average Bonchev–Trinajstić information content (AvgIpc) is 3.84. The van der Waals surface area contributed by atoms with Crippen LogP contribution in [0.15, 0.2) is 218 Å². The first kappa shape index (κ1) is 33.2. The SMILES string of the molecule is c1ccc(-c2ccccc2-c2cccc(-n3c4ccccc4c4c(N(c5ccccc5-c5ccccc5)c5cccc6c5sc5ccccc56)cccc43)c2)cc1. The highest BCUT2D eigenvalue weighted by Crippen LogP contribution is 2.50. The summed E-state index contributed by atoms with van der Waals surface area (Å²) in [5, 5.41) is 4.99. The van der Waals surface area contributed by atoms with Gasteiger partial charge in [-0.15, -0.1) is 11.3 Å². The average molecular weight is 745 g/mol. The molecule has 0 aliphatic heterocycles. The van der Waals surface area contributed by atoms with Gasteiger partial charge in [-0.2, -0.15) is 0 Å². The number of nitrogens with zero attached hydrogens (tertiary/aromatic N) is 2. The molecule has 0 radical (unpaired) electrons. The maximum absolute atomic E-state index is 2.52. The van der Waals surface area contributed by atoms with Crippen LogP contribution in [-0.4, -0.2) is 4.57 Å². The highest BCUT2D eigenvalue weighted by Gasteiger charge is 2.25. The molecule has 0 amide bonds. The molecule has 0 fully saturated rings. The van der Waals surface area contributed by atoms with E-state index in [1.54, 1.807) is 0 Å². The molecule has 2 heterocycles. The van der Waals surface area contributed by atoms with Gasteiger partial charge in [0.25, 0.3) is 0 Å². The van der Waals surface area contributed by atoms with Gasteiger partial charge >= 0.3 is 0 Å². The third-order valence-corrected chi connectivity index (χ3v) is 12.4. The van der Waals surface area contributed by atoms with Crippen molar-refractivity contribution in [1.82, 2.24) is 4.57 Å². The number of para-hydroxylation sites is 2. The predicted octanol–water partition coefficient (Wildman–Crippen LogP) is 15.6. The number of fused-ring (bicyclic) bond motifs is 6. The van der Waals surface area contributed by atoms with E-state index in [2.05, 4.69) is 228 Å². The van der Waals surface area contributed by atoms with Crippen LogP contribution < -0.4 is 4.90 Å². The van der Waals surface area contributed by atoms with E-state index in [9.17, 15) is 0 Å². The molecule has 0 saturated carbocycles. The molecule has 3 heteroatoms. The second kappa shape index (κ2) is 13.8. The molecule has 0 aliphatic carbocycles. The third kappa shape index (κ3) is 5.55. The van der Waals surface area contributed by atoms with E-state index in [0.717, 1.165) is 22.6 Å². The molecule has 2 aromatic heterocycles. The van der Waals surface area contributed by atoms with Crippen LogP contribution in [-0.2, 0) is 0 Å². The lowest BCUT2D eigenvalue weighted by Crippen LogP contribution is -2.12. The van der Waals surface area contributed by atoms with Gasteiger partial charge in [0.1, 0.15) is 0 Å². The summed E-state index contributed by atoms with van der Waals surface area (Å²) >= 11 is 1.87. The van der Waals surface area contributed by atoms with Gasteiger partial charge in [-0.05, 0) is 76.3 Å². The van der Waals surface area contributed by atoms with Gasteiger partial charge in [-0.25, -0.2) is 0 Å². The minimum absolute atomic E-state index is 1.13. The second-order valence-corrected chi connectivity index (χ2v) is 15.5. The van der Waals surface area contributed by atoms with Crippen LogP contribution in [0.5, 0.6) is 0 Å². The van der Waals surface area contributed by atoms with E-state index in [0.29, 0.717) is 0 Å². The third-order valence-electron chi connectivity index (χ3n) is 11.2. The Morgan fingerprint density at radius 3 is 1.68 bits per heavy atom. The molecule has 11 aromatic rings. The van der Waals surface area contributed by atoms with E-state index in [-0.39, 0.29) is 0 Å². The summed E-state index contributed by atoms with van der Waals surface area (Å²) in [5.41, 5.74) is 14.1. The fourth-order valence-corrected chi connectivity index (χ4v) is 9.92. The summed E-state index contributed by atoms with van der Waals surface area (Å²) in [7, 11) is 0. The number of hydrogen-bond acceptors (Lipinski definition) is 2. The number of aromatic nitrogens is 1. The molecule has 0 atom stereocenters. The van der Waals surface area contributed by atoms with Crippen LogP contribution in [0.4, 0.5) is 17.1 Å². The summed E-state index contributed by atoms with van der Waals surface area (Å²) in [4.78, 5) is 2.52. The topological polar surface area (TPSA) is 8.17 Å². The smallest absolute Gasteiger partial charge is 0.0640 e. The fourth-order valence-electron chi connectivity index (χ4n) is 8.71. The Bertz CT molecular complexity index is 3250. The quantitative estimate of drug-likeness (QED) is 0.158. The van der Waals surface area contributed by atoms with Crippen molar-refractivity contribution in [3.05, 3.63) is 218 Å². The first-order chi connectivity index (χ1) is 28.3. The lowest BCUT2D eigenvalue weighted by Gasteiger charge is -2.29. The summed E-state index contributed by atoms with van der Waals surface area (Å²) < 4.78 is 5.01. The van der Waals surface area contributed by atoms with E-state index < -0.39 is 0 Å². The second-order valence-electron chi connectivity index (χ2n) is 14.5. The molecule has 0 aliphatic rings. The van der Waals surface area contributed by atoms with Gasteiger partial charge in [0.05, 0.1) is 32.8 Å². The highest BCUT2D eigenvalue weighted by molar-refractivity contribution is 7.26. The standard InChI is InChI=1S/C54H36N2S/c1-3-18-37(19-4-1)41-24-7-8-25-42(41)39-22-15-23-40(36-39)55-48-31-13-10-28-46(48)53-49(55)32-17-33-50(53)56(47-30-12-9-26-43(47)38-20-5-2-6-21-38)51-34-16-29-45-44-27-11-14-35-52(44)57-54(45)51/h1-36H. The molecule has 0 saturated heterocycles. The largest absolute Gasteiger partial charge is 0.309 e.